The van der Waals surface area contributed by atoms with Crippen LogP contribution >= 0.6 is 15.9 Å². The topological polar surface area (TPSA) is 39.1 Å². The summed E-state index contributed by atoms with van der Waals surface area (Å²) in [5.74, 6) is 0.963. The SMILES string of the molecule is CNCc1cc(Br)cc(C)c1OCCn1cccn1. The number of nitrogens with one attached hydrogen (secondary N) is 1. The molecule has 0 bridgehead atoms. The molecule has 19 heavy (non-hydrogen) atoms. The van der Waals surface area contributed by atoms with Crippen LogP contribution in [0.1, 0.15) is 11.1 Å². The molecule has 0 aliphatic carbocycles. The number of aromatic nitrogens is 2. The predicted octanol–water partition coefficient (Wildman–Crippen LogP) is 2.75. The number of hydrogen-bond donors (Lipinski definition) is 1. The van der Waals surface area contributed by atoms with E-state index in [1.54, 1.807) is 6.20 Å². The Labute approximate surface area is 121 Å². The van der Waals surface area contributed by atoms with Gasteiger partial charge >= 0.3 is 0 Å². The van der Waals surface area contributed by atoms with Gasteiger partial charge in [-0.25, -0.2) is 0 Å². The van der Waals surface area contributed by atoms with Crippen molar-refractivity contribution < 1.29 is 4.74 Å². The van der Waals surface area contributed by atoms with Gasteiger partial charge in [0, 0.05) is 29.0 Å². The molecule has 0 aliphatic rings. The molecule has 4 nitrogen and oxygen atoms in total. The Morgan fingerprint density at radius 2 is 2.26 bits per heavy atom. The number of nitrogens with zero attached hydrogens (tertiary/aromatic N) is 2. The van der Waals surface area contributed by atoms with Crippen molar-refractivity contribution >= 4 is 15.9 Å². The van der Waals surface area contributed by atoms with Crippen molar-refractivity contribution in [2.45, 2.75) is 20.0 Å². The first-order chi connectivity index (χ1) is 9.20. The zero-order chi connectivity index (χ0) is 13.7. The lowest BCUT2D eigenvalue weighted by molar-refractivity contribution is 0.286. The van der Waals surface area contributed by atoms with Crippen molar-refractivity contribution in [3.63, 3.8) is 0 Å². The second kappa shape index (κ2) is 6.73. The maximum Gasteiger partial charge on any atom is 0.126 e. The minimum Gasteiger partial charge on any atom is -0.491 e. The molecule has 1 heterocycles. The lowest BCUT2D eigenvalue weighted by atomic mass is 10.1. The molecule has 0 saturated carbocycles. The van der Waals surface area contributed by atoms with Crippen molar-refractivity contribution in [1.29, 1.82) is 0 Å². The normalized spacial score (nSPS) is 10.7. The van der Waals surface area contributed by atoms with Crippen LogP contribution in [0.25, 0.3) is 0 Å². The predicted molar refractivity (Wildman–Crippen MR) is 79.4 cm³/mol. The van der Waals surface area contributed by atoms with Crippen molar-refractivity contribution in [2.75, 3.05) is 13.7 Å². The van der Waals surface area contributed by atoms with Gasteiger partial charge in [0.2, 0.25) is 0 Å². The number of aryl methyl sites for hydroxylation is 1. The van der Waals surface area contributed by atoms with Crippen LogP contribution in [-0.4, -0.2) is 23.4 Å². The summed E-state index contributed by atoms with van der Waals surface area (Å²) in [7, 11) is 1.93. The zero-order valence-corrected chi connectivity index (χ0v) is 12.8. The van der Waals surface area contributed by atoms with E-state index in [-0.39, 0.29) is 0 Å². The highest BCUT2D eigenvalue weighted by atomic mass is 79.9. The molecule has 0 radical (unpaired) electrons. The van der Waals surface area contributed by atoms with Crippen molar-refractivity contribution in [3.05, 3.63) is 46.2 Å². The average molecular weight is 324 g/mol. The van der Waals surface area contributed by atoms with E-state index < -0.39 is 0 Å². The van der Waals surface area contributed by atoms with Crippen LogP contribution in [0.4, 0.5) is 0 Å². The monoisotopic (exact) mass is 323 g/mol. The van der Waals surface area contributed by atoms with Gasteiger partial charge in [0.25, 0.3) is 0 Å². The van der Waals surface area contributed by atoms with Crippen molar-refractivity contribution in [2.24, 2.45) is 0 Å². The maximum atomic E-state index is 5.93. The summed E-state index contributed by atoms with van der Waals surface area (Å²) in [6.07, 6.45) is 3.71. The second-order valence-corrected chi connectivity index (χ2v) is 5.27. The van der Waals surface area contributed by atoms with Gasteiger partial charge in [-0.3, -0.25) is 4.68 Å². The van der Waals surface area contributed by atoms with Gasteiger partial charge in [0.1, 0.15) is 12.4 Å². The lowest BCUT2D eigenvalue weighted by Crippen LogP contribution is -2.12. The minimum atomic E-state index is 0.612. The number of hydrogen-bond acceptors (Lipinski definition) is 3. The van der Waals surface area contributed by atoms with E-state index in [4.69, 9.17) is 4.74 Å². The van der Waals surface area contributed by atoms with Crippen molar-refractivity contribution in [3.8, 4) is 5.75 Å². The summed E-state index contributed by atoms with van der Waals surface area (Å²) < 4.78 is 8.87. The highest BCUT2D eigenvalue weighted by Crippen LogP contribution is 2.28. The molecule has 1 aromatic heterocycles. The second-order valence-electron chi connectivity index (χ2n) is 4.36. The number of rotatable bonds is 6. The van der Waals surface area contributed by atoms with Crippen LogP contribution in [0.2, 0.25) is 0 Å². The number of benzene rings is 1. The smallest absolute Gasteiger partial charge is 0.126 e. The van der Waals surface area contributed by atoms with Crippen LogP contribution < -0.4 is 10.1 Å². The van der Waals surface area contributed by atoms with Gasteiger partial charge in [0.15, 0.2) is 0 Å². The van der Waals surface area contributed by atoms with Gasteiger partial charge in [-0.1, -0.05) is 15.9 Å². The summed E-state index contributed by atoms with van der Waals surface area (Å²) in [5, 5.41) is 7.32. The van der Waals surface area contributed by atoms with Gasteiger partial charge < -0.3 is 10.1 Å². The highest BCUT2D eigenvalue weighted by molar-refractivity contribution is 9.10. The van der Waals surface area contributed by atoms with Crippen LogP contribution in [0.3, 0.4) is 0 Å². The first-order valence-electron chi connectivity index (χ1n) is 6.24. The molecular formula is C14H18BrN3O. The van der Waals surface area contributed by atoms with E-state index >= 15 is 0 Å². The van der Waals surface area contributed by atoms with Crippen molar-refractivity contribution in [1.82, 2.24) is 15.1 Å². The fraction of sp³-hybridized carbons (Fsp3) is 0.357. The first kappa shape index (κ1) is 14.1. The molecular weight excluding hydrogens is 306 g/mol. The molecule has 1 N–H and O–H groups in total. The Bertz CT molecular complexity index is 526. The molecule has 102 valence electrons. The third kappa shape index (κ3) is 3.81. The Kier molecular flexibility index (Phi) is 4.99. The highest BCUT2D eigenvalue weighted by Gasteiger charge is 2.08. The van der Waals surface area contributed by atoms with Crippen LogP contribution in [0, 0.1) is 6.92 Å². The molecule has 0 aliphatic heterocycles. The van der Waals surface area contributed by atoms with E-state index in [9.17, 15) is 0 Å². The van der Waals surface area contributed by atoms with Crippen LogP contribution in [0.15, 0.2) is 35.1 Å². The summed E-state index contributed by atoms with van der Waals surface area (Å²) in [6, 6.07) is 6.08. The minimum absolute atomic E-state index is 0.612. The molecule has 0 unspecified atom stereocenters. The zero-order valence-electron chi connectivity index (χ0n) is 11.2. The summed E-state index contributed by atoms with van der Waals surface area (Å²) in [4.78, 5) is 0. The molecule has 0 saturated heterocycles. The van der Waals surface area contributed by atoms with E-state index in [1.165, 1.54) is 0 Å². The molecule has 5 heteroatoms. The first-order valence-corrected chi connectivity index (χ1v) is 7.04. The summed E-state index contributed by atoms with van der Waals surface area (Å²) >= 11 is 3.52. The Balaban J connectivity index is 2.05. The van der Waals surface area contributed by atoms with E-state index in [2.05, 4.69) is 45.4 Å². The Morgan fingerprint density at radius 1 is 1.42 bits per heavy atom. The third-order valence-electron chi connectivity index (χ3n) is 2.81. The van der Waals surface area contributed by atoms with E-state index in [0.29, 0.717) is 6.61 Å². The third-order valence-corrected chi connectivity index (χ3v) is 3.27. The largest absolute Gasteiger partial charge is 0.491 e. The lowest BCUT2D eigenvalue weighted by Gasteiger charge is -2.15. The molecule has 2 rings (SSSR count). The fourth-order valence-corrected chi connectivity index (χ4v) is 2.62. The van der Waals surface area contributed by atoms with Gasteiger partial charge in [0.05, 0.1) is 6.54 Å². The molecule has 2 aromatic rings. The van der Waals surface area contributed by atoms with E-state index in [0.717, 1.165) is 34.4 Å². The van der Waals surface area contributed by atoms with Crippen LogP contribution in [-0.2, 0) is 13.1 Å². The number of ether oxygens (including phenoxy) is 1. The average Bonchev–Trinajstić information content (AvgIpc) is 2.86. The van der Waals surface area contributed by atoms with Gasteiger partial charge in [-0.2, -0.15) is 5.10 Å². The van der Waals surface area contributed by atoms with Gasteiger partial charge in [-0.05, 0) is 37.7 Å². The quantitative estimate of drug-likeness (QED) is 0.888. The molecule has 1 aromatic carbocycles. The molecule has 0 atom stereocenters. The summed E-state index contributed by atoms with van der Waals surface area (Å²) in [5.41, 5.74) is 2.30. The fourth-order valence-electron chi connectivity index (χ4n) is 2.00. The van der Waals surface area contributed by atoms with Crippen LogP contribution in [0.5, 0.6) is 5.75 Å². The standard InChI is InChI=1S/C14H18BrN3O/c1-11-8-13(15)9-12(10-16-2)14(11)19-7-6-18-5-3-4-17-18/h3-5,8-9,16H,6-7,10H2,1-2H3. The maximum absolute atomic E-state index is 5.93. The Morgan fingerprint density at radius 3 is 2.95 bits per heavy atom. The Hall–Kier alpha value is -1.33. The molecule has 0 amide bonds. The summed E-state index contributed by atoms with van der Waals surface area (Å²) in [6.45, 7) is 4.22. The van der Waals surface area contributed by atoms with E-state index in [1.807, 2.05) is 24.0 Å². The molecule has 0 spiro atoms. The number of halogens is 1. The van der Waals surface area contributed by atoms with Gasteiger partial charge in [-0.15, -0.1) is 0 Å². The molecule has 0 fully saturated rings.